The van der Waals surface area contributed by atoms with Crippen LogP contribution in [0.25, 0.3) is 0 Å². The summed E-state index contributed by atoms with van der Waals surface area (Å²) in [5.41, 5.74) is 6.89. The molecule has 0 bridgehead atoms. The molecule has 0 fully saturated rings. The van der Waals surface area contributed by atoms with Crippen molar-refractivity contribution >= 4 is 5.91 Å². The van der Waals surface area contributed by atoms with Gasteiger partial charge in [0, 0.05) is 12.7 Å². The third-order valence-corrected chi connectivity index (χ3v) is 2.14. The second-order valence-electron chi connectivity index (χ2n) is 3.47. The van der Waals surface area contributed by atoms with Crippen molar-refractivity contribution in [2.24, 2.45) is 5.73 Å². The van der Waals surface area contributed by atoms with Gasteiger partial charge in [-0.05, 0) is 6.07 Å². The first kappa shape index (κ1) is 11.3. The van der Waals surface area contributed by atoms with Crippen molar-refractivity contribution < 1.29 is 4.79 Å². The molecule has 0 aliphatic rings. The molecule has 0 saturated heterocycles. The van der Waals surface area contributed by atoms with Crippen LogP contribution >= 0.6 is 0 Å². The highest BCUT2D eigenvalue weighted by atomic mass is 16.2. The lowest BCUT2D eigenvalue weighted by atomic mass is 10.4. The summed E-state index contributed by atoms with van der Waals surface area (Å²) >= 11 is 0. The Kier molecular flexibility index (Phi) is 3.46. The summed E-state index contributed by atoms with van der Waals surface area (Å²) in [4.78, 5) is 11.5. The third-order valence-electron chi connectivity index (χ3n) is 2.14. The zero-order valence-electron chi connectivity index (χ0n) is 9.13. The van der Waals surface area contributed by atoms with Crippen LogP contribution in [0.2, 0.25) is 0 Å². The lowest BCUT2D eigenvalue weighted by molar-refractivity contribution is -0.122. The highest BCUT2D eigenvalue weighted by Crippen LogP contribution is 1.92. The molecule has 2 heterocycles. The van der Waals surface area contributed by atoms with Gasteiger partial charge < -0.3 is 11.1 Å². The fraction of sp³-hybridized carbons (Fsp3) is 0.333. The Hall–Kier alpha value is -2.22. The van der Waals surface area contributed by atoms with Crippen LogP contribution in [0.1, 0.15) is 11.4 Å². The number of hydrogen-bond donors (Lipinski definition) is 3. The minimum Gasteiger partial charge on any atom is -0.349 e. The second-order valence-corrected chi connectivity index (χ2v) is 3.47. The van der Waals surface area contributed by atoms with Gasteiger partial charge in [-0.25, -0.2) is 4.68 Å². The summed E-state index contributed by atoms with van der Waals surface area (Å²) in [6.07, 6.45) is 3.28. The molecule has 0 atom stereocenters. The van der Waals surface area contributed by atoms with Gasteiger partial charge in [0.05, 0.1) is 24.1 Å². The Labute approximate surface area is 97.2 Å². The van der Waals surface area contributed by atoms with Crippen LogP contribution in [0.15, 0.2) is 18.5 Å². The van der Waals surface area contributed by atoms with Crippen LogP contribution in [-0.4, -0.2) is 31.1 Å². The Balaban J connectivity index is 1.81. The van der Waals surface area contributed by atoms with E-state index in [9.17, 15) is 4.79 Å². The van der Waals surface area contributed by atoms with Crippen LogP contribution in [0.4, 0.5) is 0 Å². The second kappa shape index (κ2) is 5.21. The number of aromatic amines is 1. The molecule has 17 heavy (non-hydrogen) atoms. The zero-order valence-corrected chi connectivity index (χ0v) is 9.13. The number of carbonyl (C=O) groups is 1. The Morgan fingerprint density at radius 1 is 1.59 bits per heavy atom. The normalized spacial score (nSPS) is 10.4. The van der Waals surface area contributed by atoms with Gasteiger partial charge in [0.1, 0.15) is 6.54 Å². The van der Waals surface area contributed by atoms with E-state index in [1.54, 1.807) is 18.5 Å². The van der Waals surface area contributed by atoms with E-state index in [1.807, 2.05) is 0 Å². The van der Waals surface area contributed by atoms with Gasteiger partial charge >= 0.3 is 0 Å². The molecular weight excluding hydrogens is 222 g/mol. The van der Waals surface area contributed by atoms with Crippen molar-refractivity contribution in [2.45, 2.75) is 19.6 Å². The van der Waals surface area contributed by atoms with Crippen molar-refractivity contribution in [3.8, 4) is 0 Å². The number of H-pyrrole nitrogens is 1. The maximum atomic E-state index is 11.5. The average molecular weight is 235 g/mol. The summed E-state index contributed by atoms with van der Waals surface area (Å²) in [5, 5.41) is 16.8. The molecule has 1 amide bonds. The summed E-state index contributed by atoms with van der Waals surface area (Å²) in [7, 11) is 0. The number of aromatic nitrogens is 5. The maximum Gasteiger partial charge on any atom is 0.242 e. The number of rotatable bonds is 5. The molecule has 0 saturated carbocycles. The summed E-state index contributed by atoms with van der Waals surface area (Å²) in [6.45, 7) is 0.855. The van der Waals surface area contributed by atoms with E-state index in [0.717, 1.165) is 5.69 Å². The predicted molar refractivity (Wildman–Crippen MR) is 58.3 cm³/mol. The van der Waals surface area contributed by atoms with Gasteiger partial charge in [-0.2, -0.15) is 5.10 Å². The Morgan fingerprint density at radius 3 is 3.12 bits per heavy atom. The van der Waals surface area contributed by atoms with E-state index in [4.69, 9.17) is 5.73 Å². The van der Waals surface area contributed by atoms with Gasteiger partial charge in [0.2, 0.25) is 5.91 Å². The van der Waals surface area contributed by atoms with Gasteiger partial charge in [0.15, 0.2) is 0 Å². The predicted octanol–water partition coefficient (Wildman–Crippen LogP) is -1.22. The molecular formula is C9H13N7O. The number of hydrogen-bond acceptors (Lipinski definition) is 5. The molecule has 2 rings (SSSR count). The van der Waals surface area contributed by atoms with Crippen molar-refractivity contribution in [1.29, 1.82) is 0 Å². The number of amides is 1. The number of nitrogens with two attached hydrogens (primary N) is 1. The molecule has 2 aromatic heterocycles. The van der Waals surface area contributed by atoms with Gasteiger partial charge in [0.25, 0.3) is 0 Å². The standard InChI is InChI=1S/C9H13N7O/c10-3-8-5-16(15-14-8)6-9(17)11-4-7-1-2-12-13-7/h1-2,5H,3-4,6,10H2,(H,11,17)(H,12,13). The molecule has 0 radical (unpaired) electrons. The fourth-order valence-corrected chi connectivity index (χ4v) is 1.29. The third kappa shape index (κ3) is 3.11. The van der Waals surface area contributed by atoms with Crippen LogP contribution < -0.4 is 11.1 Å². The minimum absolute atomic E-state index is 0.126. The molecule has 0 aromatic carbocycles. The van der Waals surface area contributed by atoms with Crippen molar-refractivity contribution in [2.75, 3.05) is 0 Å². The number of nitrogens with zero attached hydrogens (tertiary/aromatic N) is 4. The highest BCUT2D eigenvalue weighted by molar-refractivity contribution is 5.75. The van der Waals surface area contributed by atoms with Gasteiger partial charge in [-0.15, -0.1) is 5.10 Å². The molecule has 90 valence electrons. The van der Waals surface area contributed by atoms with Gasteiger partial charge in [-0.1, -0.05) is 5.21 Å². The van der Waals surface area contributed by atoms with Crippen molar-refractivity contribution in [3.63, 3.8) is 0 Å². The van der Waals surface area contributed by atoms with Crippen molar-refractivity contribution in [3.05, 3.63) is 29.8 Å². The van der Waals surface area contributed by atoms with Crippen LogP contribution in [0.3, 0.4) is 0 Å². The summed E-state index contributed by atoms with van der Waals surface area (Å²) in [6, 6.07) is 1.79. The molecule has 0 unspecified atom stereocenters. The molecule has 0 aliphatic carbocycles. The number of carbonyl (C=O) groups excluding carboxylic acids is 1. The molecule has 0 aliphatic heterocycles. The lowest BCUT2D eigenvalue weighted by Crippen LogP contribution is -2.27. The maximum absolute atomic E-state index is 11.5. The monoisotopic (exact) mass is 235 g/mol. The van der Waals surface area contributed by atoms with E-state index in [-0.39, 0.29) is 12.5 Å². The van der Waals surface area contributed by atoms with Crippen LogP contribution in [0.5, 0.6) is 0 Å². The largest absolute Gasteiger partial charge is 0.349 e. The summed E-state index contributed by atoms with van der Waals surface area (Å²) < 4.78 is 1.45. The number of nitrogens with one attached hydrogen (secondary N) is 2. The Morgan fingerprint density at radius 2 is 2.47 bits per heavy atom. The first-order chi connectivity index (χ1) is 8.28. The Bertz CT molecular complexity index is 475. The van der Waals surface area contributed by atoms with E-state index >= 15 is 0 Å². The smallest absolute Gasteiger partial charge is 0.242 e. The first-order valence-electron chi connectivity index (χ1n) is 5.12. The molecule has 0 spiro atoms. The fourth-order valence-electron chi connectivity index (χ4n) is 1.29. The summed E-state index contributed by atoms with van der Waals surface area (Å²) in [5.74, 6) is -0.145. The average Bonchev–Trinajstić information content (AvgIpc) is 2.97. The van der Waals surface area contributed by atoms with E-state index in [1.165, 1.54) is 4.68 Å². The SMILES string of the molecule is NCc1cn(CC(=O)NCc2ccn[nH]2)nn1. The minimum atomic E-state index is -0.145. The van der Waals surface area contributed by atoms with Crippen molar-refractivity contribution in [1.82, 2.24) is 30.5 Å². The van der Waals surface area contributed by atoms with Crippen LogP contribution in [-0.2, 0) is 24.4 Å². The molecule has 2 aromatic rings. The van der Waals surface area contributed by atoms with E-state index < -0.39 is 0 Å². The molecule has 4 N–H and O–H groups in total. The quantitative estimate of drug-likeness (QED) is 0.600. The topological polar surface area (TPSA) is 115 Å². The molecule has 8 heteroatoms. The molecule has 8 nitrogen and oxygen atoms in total. The van der Waals surface area contributed by atoms with E-state index in [2.05, 4.69) is 25.8 Å². The highest BCUT2D eigenvalue weighted by Gasteiger charge is 2.05. The van der Waals surface area contributed by atoms with Crippen LogP contribution in [0, 0.1) is 0 Å². The van der Waals surface area contributed by atoms with E-state index in [0.29, 0.717) is 18.8 Å². The zero-order chi connectivity index (χ0) is 12.1. The lowest BCUT2D eigenvalue weighted by Gasteiger charge is -2.02. The first-order valence-corrected chi connectivity index (χ1v) is 5.12. The van der Waals surface area contributed by atoms with Gasteiger partial charge in [-0.3, -0.25) is 9.89 Å².